The smallest absolute Gasteiger partial charge is 0.295 e. The molecule has 0 unspecified atom stereocenters. The van der Waals surface area contributed by atoms with Crippen molar-refractivity contribution in [1.82, 2.24) is 9.13 Å². The number of hydrogen-bond donors (Lipinski definition) is 0. The summed E-state index contributed by atoms with van der Waals surface area (Å²) in [4.78, 5) is 11.4. The summed E-state index contributed by atoms with van der Waals surface area (Å²) in [6.07, 6.45) is 0. The number of imidazole rings is 1. The molecule has 0 bridgehead atoms. The molecule has 0 atom stereocenters. The Hall–Kier alpha value is -1.58. The fourth-order valence-corrected chi connectivity index (χ4v) is 1.53. The molecule has 0 fully saturated rings. The lowest BCUT2D eigenvalue weighted by Gasteiger charge is -1.94. The molecule has 0 N–H and O–H groups in total. The van der Waals surface area contributed by atoms with E-state index in [-0.39, 0.29) is 11.5 Å². The van der Waals surface area contributed by atoms with Gasteiger partial charge in [-0.05, 0) is 12.1 Å². The SMILES string of the molecule is CC.Cn1c(=O)n(C)c2c(F)cccc21. The minimum absolute atomic E-state index is 0.208. The van der Waals surface area contributed by atoms with E-state index in [1.807, 2.05) is 13.8 Å². The first-order chi connectivity index (χ1) is 7.13. The van der Waals surface area contributed by atoms with Gasteiger partial charge < -0.3 is 0 Å². The topological polar surface area (TPSA) is 26.9 Å². The normalized spacial score (nSPS) is 9.93. The van der Waals surface area contributed by atoms with Crippen molar-refractivity contribution in [3.8, 4) is 0 Å². The third kappa shape index (κ3) is 1.67. The predicted molar refractivity (Wildman–Crippen MR) is 59.5 cm³/mol. The van der Waals surface area contributed by atoms with E-state index in [1.54, 1.807) is 26.2 Å². The number of hydrogen-bond acceptors (Lipinski definition) is 1. The molecule has 2 rings (SSSR count). The van der Waals surface area contributed by atoms with Gasteiger partial charge in [0.1, 0.15) is 11.3 Å². The van der Waals surface area contributed by atoms with Crippen LogP contribution in [-0.4, -0.2) is 9.13 Å². The highest BCUT2D eigenvalue weighted by atomic mass is 19.1. The number of aromatic nitrogens is 2. The second-order valence-electron chi connectivity index (χ2n) is 3.01. The number of rotatable bonds is 0. The summed E-state index contributed by atoms with van der Waals surface area (Å²) >= 11 is 0. The Balaban J connectivity index is 0.000000531. The van der Waals surface area contributed by atoms with Crippen LogP contribution in [0.3, 0.4) is 0 Å². The molecule has 0 saturated carbocycles. The summed E-state index contributed by atoms with van der Waals surface area (Å²) in [5.41, 5.74) is 0.766. The van der Waals surface area contributed by atoms with Crippen LogP contribution in [0.15, 0.2) is 23.0 Å². The molecule has 3 nitrogen and oxygen atoms in total. The lowest BCUT2D eigenvalue weighted by Crippen LogP contribution is -2.19. The maximum absolute atomic E-state index is 13.3. The van der Waals surface area contributed by atoms with E-state index in [4.69, 9.17) is 0 Å². The monoisotopic (exact) mass is 210 g/mol. The molecule has 0 aliphatic heterocycles. The van der Waals surface area contributed by atoms with Crippen molar-refractivity contribution in [2.24, 2.45) is 14.1 Å². The Morgan fingerprint density at radius 3 is 2.27 bits per heavy atom. The highest BCUT2D eigenvalue weighted by Crippen LogP contribution is 2.14. The van der Waals surface area contributed by atoms with Gasteiger partial charge in [-0.1, -0.05) is 19.9 Å². The Morgan fingerprint density at radius 1 is 1.13 bits per heavy atom. The van der Waals surface area contributed by atoms with Gasteiger partial charge in [-0.2, -0.15) is 0 Å². The van der Waals surface area contributed by atoms with E-state index in [2.05, 4.69) is 0 Å². The molecule has 0 aliphatic carbocycles. The van der Waals surface area contributed by atoms with Crippen LogP contribution < -0.4 is 5.69 Å². The summed E-state index contributed by atoms with van der Waals surface area (Å²) in [5.74, 6) is -0.363. The minimum Gasteiger partial charge on any atom is -0.295 e. The Labute approximate surface area is 87.8 Å². The summed E-state index contributed by atoms with van der Waals surface area (Å²) in [6, 6.07) is 4.67. The zero-order valence-corrected chi connectivity index (χ0v) is 9.41. The molecule has 82 valence electrons. The van der Waals surface area contributed by atoms with Crippen molar-refractivity contribution in [3.05, 3.63) is 34.5 Å². The fraction of sp³-hybridized carbons (Fsp3) is 0.364. The third-order valence-corrected chi connectivity index (χ3v) is 2.24. The van der Waals surface area contributed by atoms with Gasteiger partial charge >= 0.3 is 5.69 Å². The molecule has 0 radical (unpaired) electrons. The van der Waals surface area contributed by atoms with Crippen molar-refractivity contribution in [2.75, 3.05) is 0 Å². The fourth-order valence-electron chi connectivity index (χ4n) is 1.53. The van der Waals surface area contributed by atoms with Crippen LogP contribution in [0.25, 0.3) is 11.0 Å². The molecular formula is C11H15FN2O. The molecule has 4 heteroatoms. The average Bonchev–Trinajstić information content (AvgIpc) is 2.48. The Morgan fingerprint density at radius 2 is 1.73 bits per heavy atom. The first-order valence-electron chi connectivity index (χ1n) is 4.93. The van der Waals surface area contributed by atoms with Crippen LogP contribution in [0.1, 0.15) is 13.8 Å². The first kappa shape index (κ1) is 11.5. The first-order valence-corrected chi connectivity index (χ1v) is 4.93. The highest BCUT2D eigenvalue weighted by Gasteiger charge is 2.10. The third-order valence-electron chi connectivity index (χ3n) is 2.24. The molecule has 1 aromatic heterocycles. The van der Waals surface area contributed by atoms with Gasteiger partial charge in [0.25, 0.3) is 0 Å². The van der Waals surface area contributed by atoms with Gasteiger partial charge in [-0.15, -0.1) is 0 Å². The molecule has 0 amide bonds. The van der Waals surface area contributed by atoms with Crippen LogP contribution in [0, 0.1) is 5.82 Å². The summed E-state index contributed by atoms with van der Waals surface area (Å²) in [5, 5.41) is 0. The molecule has 0 saturated heterocycles. The Bertz CT molecular complexity index is 525. The number of benzene rings is 1. The van der Waals surface area contributed by atoms with Gasteiger partial charge in [-0.25, -0.2) is 9.18 Å². The number of fused-ring (bicyclic) bond motifs is 1. The molecule has 1 aromatic carbocycles. The highest BCUT2D eigenvalue weighted by molar-refractivity contribution is 5.76. The summed E-state index contributed by atoms with van der Waals surface area (Å²) < 4.78 is 16.0. The van der Waals surface area contributed by atoms with Crippen molar-refractivity contribution in [1.29, 1.82) is 0 Å². The van der Waals surface area contributed by atoms with E-state index >= 15 is 0 Å². The number of aryl methyl sites for hydroxylation is 2. The van der Waals surface area contributed by atoms with E-state index < -0.39 is 0 Å². The van der Waals surface area contributed by atoms with Crippen LogP contribution in [-0.2, 0) is 14.1 Å². The van der Waals surface area contributed by atoms with Crippen molar-refractivity contribution < 1.29 is 4.39 Å². The van der Waals surface area contributed by atoms with Crippen LogP contribution in [0.5, 0.6) is 0 Å². The van der Waals surface area contributed by atoms with Crippen molar-refractivity contribution in [3.63, 3.8) is 0 Å². The van der Waals surface area contributed by atoms with Crippen molar-refractivity contribution >= 4 is 11.0 Å². The quantitative estimate of drug-likeness (QED) is 0.653. The van der Waals surface area contributed by atoms with Crippen LogP contribution in [0.4, 0.5) is 4.39 Å². The number of nitrogens with zero attached hydrogens (tertiary/aromatic N) is 2. The van der Waals surface area contributed by atoms with Gasteiger partial charge in [0.15, 0.2) is 0 Å². The zero-order valence-electron chi connectivity index (χ0n) is 9.41. The molecule has 0 aliphatic rings. The number of para-hydroxylation sites is 1. The molecule has 15 heavy (non-hydrogen) atoms. The van der Waals surface area contributed by atoms with Gasteiger partial charge in [-0.3, -0.25) is 9.13 Å². The van der Waals surface area contributed by atoms with Crippen LogP contribution in [0.2, 0.25) is 0 Å². The predicted octanol–water partition coefficient (Wildman–Crippen LogP) is 2.04. The second kappa shape index (κ2) is 4.29. The molecule has 2 aromatic rings. The van der Waals surface area contributed by atoms with Gasteiger partial charge in [0.05, 0.1) is 5.52 Å². The van der Waals surface area contributed by atoms with Gasteiger partial charge in [0.2, 0.25) is 0 Å². The Kier molecular flexibility index (Phi) is 3.29. The van der Waals surface area contributed by atoms with E-state index in [1.165, 1.54) is 15.2 Å². The molecule has 1 heterocycles. The second-order valence-corrected chi connectivity index (χ2v) is 3.01. The van der Waals surface area contributed by atoms with Crippen LogP contribution >= 0.6 is 0 Å². The molecule has 0 spiro atoms. The van der Waals surface area contributed by atoms with E-state index in [9.17, 15) is 9.18 Å². The standard InChI is InChI=1S/C9H9FN2O.C2H6/c1-11-7-5-3-4-6(10)8(7)12(2)9(11)13;1-2/h3-5H,1-2H3;1-2H3. The molecular weight excluding hydrogens is 195 g/mol. The lowest BCUT2D eigenvalue weighted by atomic mass is 10.3. The average molecular weight is 210 g/mol. The van der Waals surface area contributed by atoms with E-state index in [0.717, 1.165) is 0 Å². The van der Waals surface area contributed by atoms with E-state index in [0.29, 0.717) is 11.0 Å². The van der Waals surface area contributed by atoms with Crippen molar-refractivity contribution in [2.45, 2.75) is 13.8 Å². The van der Waals surface area contributed by atoms with Gasteiger partial charge in [0, 0.05) is 14.1 Å². The zero-order chi connectivity index (χ0) is 11.6. The maximum atomic E-state index is 13.3. The minimum atomic E-state index is -0.363. The largest absolute Gasteiger partial charge is 0.328 e. The maximum Gasteiger partial charge on any atom is 0.328 e. The summed E-state index contributed by atoms with van der Waals surface area (Å²) in [6.45, 7) is 4.00. The lowest BCUT2D eigenvalue weighted by molar-refractivity contribution is 0.630. The number of halogens is 1. The summed E-state index contributed by atoms with van der Waals surface area (Å²) in [7, 11) is 3.19.